The van der Waals surface area contributed by atoms with Gasteiger partial charge >= 0.3 is 0 Å². The molecule has 8 aliphatic carbocycles. The predicted molar refractivity (Wildman–Crippen MR) is 229 cm³/mol. The minimum absolute atomic E-state index is 0.420. The maximum absolute atomic E-state index is 2.80. The molecular weight excluding hydrogens is 637 g/mol. The van der Waals surface area contributed by atoms with Gasteiger partial charge in [-0.3, -0.25) is 0 Å². The minimum Gasteiger partial charge on any atom is -0.0807 e. The summed E-state index contributed by atoms with van der Waals surface area (Å²) in [6.45, 7) is 12.9. The highest BCUT2D eigenvalue weighted by Crippen LogP contribution is 2.68. The highest BCUT2D eigenvalue weighted by atomic mass is 14.6. The third kappa shape index (κ3) is 7.23. The lowest BCUT2D eigenvalue weighted by Crippen LogP contribution is -2.49. The predicted octanol–water partition coefficient (Wildman–Crippen LogP) is 16.3. The van der Waals surface area contributed by atoms with Crippen molar-refractivity contribution in [3.63, 3.8) is 0 Å². The van der Waals surface area contributed by atoms with Gasteiger partial charge in [0, 0.05) is 0 Å². The molecular formula is C53H84. The third-order valence-corrected chi connectivity index (χ3v) is 19.5. The Morgan fingerprint density at radius 1 is 0.509 bits per heavy atom. The van der Waals surface area contributed by atoms with Gasteiger partial charge in [0.2, 0.25) is 0 Å². The molecule has 0 radical (unpaired) electrons. The van der Waals surface area contributed by atoms with Gasteiger partial charge in [-0.2, -0.15) is 0 Å². The van der Waals surface area contributed by atoms with Crippen molar-refractivity contribution in [2.45, 2.75) is 214 Å². The first-order chi connectivity index (χ1) is 25.8. The van der Waals surface area contributed by atoms with Gasteiger partial charge in [-0.1, -0.05) is 136 Å². The highest BCUT2D eigenvalue weighted by Gasteiger charge is 2.58. The van der Waals surface area contributed by atoms with Gasteiger partial charge in [0.1, 0.15) is 0 Å². The fourth-order valence-corrected chi connectivity index (χ4v) is 16.3. The molecule has 0 N–H and O–H groups in total. The average Bonchev–Trinajstić information content (AvgIpc) is 3.69. The van der Waals surface area contributed by atoms with E-state index in [0.717, 1.165) is 53.3 Å². The van der Waals surface area contributed by atoms with Crippen LogP contribution in [0.15, 0.2) is 46.6 Å². The largest absolute Gasteiger partial charge is 0.0807 e. The van der Waals surface area contributed by atoms with Crippen LogP contribution >= 0.6 is 0 Å². The summed E-state index contributed by atoms with van der Waals surface area (Å²) in [4.78, 5) is 0. The summed E-state index contributed by atoms with van der Waals surface area (Å²) in [6, 6.07) is 0. The summed E-state index contributed by atoms with van der Waals surface area (Å²) >= 11 is 0. The topological polar surface area (TPSA) is 0 Å². The van der Waals surface area contributed by atoms with Crippen LogP contribution in [0.5, 0.6) is 0 Å². The zero-order valence-corrected chi connectivity index (χ0v) is 35.8. The zero-order valence-electron chi connectivity index (χ0n) is 35.8. The maximum atomic E-state index is 2.80. The first kappa shape index (κ1) is 38.8. The lowest BCUT2D eigenvalue weighted by Gasteiger charge is -2.57. The number of hydrogen-bond acceptors (Lipinski definition) is 0. The number of hydrogen-bond donors (Lipinski definition) is 0. The lowest BCUT2D eigenvalue weighted by atomic mass is 9.47. The van der Waals surface area contributed by atoms with Gasteiger partial charge in [0.05, 0.1) is 0 Å². The van der Waals surface area contributed by atoms with E-state index in [2.05, 4.69) is 58.9 Å². The molecule has 0 aromatic heterocycles. The Labute approximate surface area is 329 Å². The van der Waals surface area contributed by atoms with Crippen LogP contribution in [0.2, 0.25) is 0 Å². The van der Waals surface area contributed by atoms with Crippen molar-refractivity contribution in [3.8, 4) is 0 Å². The number of fused-ring (bicyclic) bond motifs is 10. The second-order valence-electron chi connectivity index (χ2n) is 21.8. The molecule has 0 aromatic rings. The van der Waals surface area contributed by atoms with Crippen molar-refractivity contribution in [1.29, 1.82) is 0 Å². The summed E-state index contributed by atoms with van der Waals surface area (Å²) in [7, 11) is 0. The number of unbranched alkanes of at least 4 members (excludes halogenated alkanes) is 10. The van der Waals surface area contributed by atoms with E-state index in [4.69, 9.17) is 0 Å². The van der Waals surface area contributed by atoms with Crippen molar-refractivity contribution < 1.29 is 0 Å². The Hall–Kier alpha value is -1.04. The average molecular weight is 721 g/mol. The van der Waals surface area contributed by atoms with Gasteiger partial charge in [-0.05, 0) is 195 Å². The molecule has 0 heteroatoms. The molecule has 0 amide bonds. The van der Waals surface area contributed by atoms with E-state index in [-0.39, 0.29) is 0 Å². The van der Waals surface area contributed by atoms with Crippen molar-refractivity contribution in [2.24, 2.45) is 69.5 Å². The number of rotatable bonds is 15. The van der Waals surface area contributed by atoms with Crippen LogP contribution in [0.4, 0.5) is 0 Å². The molecule has 0 bridgehead atoms. The standard InChI is InChI=1S/C53H84/c1-6-8-10-12-14-16-18-41-23-28-48-46-26-21-40-36-38(20-25-44(40)45(46)31-34-51(41,48)3)39-30-33-53(5)43(37-39)22-27-47-49-29-24-42(19-17-15-13-11-9-7-2)52(49,4)35-32-50(47)53/h21-22,36-37,41-42,44-50H,6-20,23-35H2,1-5H3/t41-,42-,44?,45?,46?,47?,48?,49?,50?,51+,52+,53-/m0/s1. The fourth-order valence-electron chi connectivity index (χ4n) is 16.3. The Kier molecular flexibility index (Phi) is 12.0. The monoisotopic (exact) mass is 721 g/mol. The maximum Gasteiger partial charge on any atom is -0.00441 e. The Morgan fingerprint density at radius 2 is 1.09 bits per heavy atom. The van der Waals surface area contributed by atoms with Gasteiger partial charge in [0.15, 0.2) is 0 Å². The summed E-state index contributed by atoms with van der Waals surface area (Å²) in [5.41, 5.74) is 8.69. The van der Waals surface area contributed by atoms with Crippen LogP contribution in [0.25, 0.3) is 0 Å². The van der Waals surface area contributed by atoms with Crippen LogP contribution in [0.3, 0.4) is 0 Å². The van der Waals surface area contributed by atoms with E-state index in [9.17, 15) is 0 Å². The van der Waals surface area contributed by atoms with Crippen LogP contribution < -0.4 is 0 Å². The smallest absolute Gasteiger partial charge is 0.00441 e. The molecule has 0 saturated heterocycles. The minimum atomic E-state index is 0.420. The first-order valence-corrected chi connectivity index (χ1v) is 24.6. The van der Waals surface area contributed by atoms with Crippen LogP contribution in [-0.4, -0.2) is 0 Å². The Bertz CT molecular complexity index is 1390. The molecule has 0 aliphatic heterocycles. The van der Waals surface area contributed by atoms with Crippen molar-refractivity contribution in [1.82, 2.24) is 0 Å². The summed E-state index contributed by atoms with van der Waals surface area (Å²) in [5.74, 6) is 8.68. The normalized spacial score (nSPS) is 42.9. The first-order valence-electron chi connectivity index (χ1n) is 24.6. The summed E-state index contributed by atoms with van der Waals surface area (Å²) < 4.78 is 0. The second kappa shape index (κ2) is 16.4. The Morgan fingerprint density at radius 3 is 1.77 bits per heavy atom. The van der Waals surface area contributed by atoms with Crippen molar-refractivity contribution >= 4 is 0 Å². The van der Waals surface area contributed by atoms with E-state index in [1.54, 1.807) is 22.3 Å². The molecule has 53 heavy (non-hydrogen) atoms. The molecule has 296 valence electrons. The van der Waals surface area contributed by atoms with Crippen LogP contribution in [-0.2, 0) is 0 Å². The van der Waals surface area contributed by atoms with Crippen molar-refractivity contribution in [3.05, 3.63) is 46.6 Å². The zero-order chi connectivity index (χ0) is 36.6. The van der Waals surface area contributed by atoms with E-state index >= 15 is 0 Å². The molecule has 0 nitrogen and oxygen atoms in total. The fraction of sp³-hybridized carbons (Fsp3) is 0.849. The molecule has 4 fully saturated rings. The molecule has 4 saturated carbocycles. The van der Waals surface area contributed by atoms with Crippen molar-refractivity contribution in [2.75, 3.05) is 0 Å². The lowest BCUT2D eigenvalue weighted by molar-refractivity contribution is -0.0372. The SMILES string of the molecule is CCCCCCCC[C@H]1CCC2C3CC=C4C=C(C5=CC6=CCC7C(CC[C@@]8(C)C7CC[C@@H]8CCCCCCCC)[C@@]6(C)CC5)CCC4C3CC[C@@]21C. The Balaban J connectivity index is 0.898. The molecule has 0 heterocycles. The third-order valence-electron chi connectivity index (χ3n) is 19.5. The summed E-state index contributed by atoms with van der Waals surface area (Å²) in [5, 5.41) is 0. The summed E-state index contributed by atoms with van der Waals surface area (Å²) in [6.07, 6.45) is 52.1. The second-order valence-corrected chi connectivity index (χ2v) is 21.8. The van der Waals surface area contributed by atoms with E-state index in [0.29, 0.717) is 16.2 Å². The molecule has 0 spiro atoms. The van der Waals surface area contributed by atoms with Gasteiger partial charge < -0.3 is 0 Å². The van der Waals surface area contributed by atoms with E-state index < -0.39 is 0 Å². The van der Waals surface area contributed by atoms with E-state index in [1.807, 2.05) is 0 Å². The van der Waals surface area contributed by atoms with Gasteiger partial charge in [-0.15, -0.1) is 0 Å². The quantitative estimate of drug-likeness (QED) is 0.148. The molecule has 0 aromatic carbocycles. The molecule has 8 rings (SSSR count). The van der Waals surface area contributed by atoms with Gasteiger partial charge in [-0.25, -0.2) is 0 Å². The van der Waals surface area contributed by atoms with E-state index in [1.165, 1.54) is 180 Å². The molecule has 12 atom stereocenters. The van der Waals surface area contributed by atoms with Crippen LogP contribution in [0, 0.1) is 69.5 Å². The van der Waals surface area contributed by atoms with Gasteiger partial charge in [0.25, 0.3) is 0 Å². The number of allylic oxidation sites excluding steroid dienone is 8. The molecule has 8 aliphatic rings. The van der Waals surface area contributed by atoms with Crippen LogP contribution in [0.1, 0.15) is 214 Å². The molecule has 7 unspecified atom stereocenters. The highest BCUT2D eigenvalue weighted by molar-refractivity contribution is 5.48.